The number of hydrogen-bond acceptors (Lipinski definition) is 4. The van der Waals surface area contributed by atoms with Crippen LogP contribution in [0, 0.1) is 11.8 Å². The largest absolute Gasteiger partial charge is 0.459 e. The highest BCUT2D eigenvalue weighted by molar-refractivity contribution is 5.91. The van der Waals surface area contributed by atoms with Crippen LogP contribution in [0.5, 0.6) is 0 Å². The first kappa shape index (κ1) is 18.3. The lowest BCUT2D eigenvalue weighted by molar-refractivity contribution is -0.171. The van der Waals surface area contributed by atoms with E-state index in [9.17, 15) is 4.79 Å². The van der Waals surface area contributed by atoms with Gasteiger partial charge in [0.15, 0.2) is 5.76 Å². The van der Waals surface area contributed by atoms with Crippen molar-refractivity contribution in [3.63, 3.8) is 0 Å². The van der Waals surface area contributed by atoms with Crippen molar-refractivity contribution in [2.45, 2.75) is 71.1 Å². The van der Waals surface area contributed by atoms with Crippen LogP contribution in [0.3, 0.4) is 0 Å². The Morgan fingerprint density at radius 2 is 2.13 bits per heavy atom. The van der Waals surface area contributed by atoms with Gasteiger partial charge in [-0.25, -0.2) is 0 Å². The van der Waals surface area contributed by atoms with Gasteiger partial charge in [-0.05, 0) is 44.6 Å². The van der Waals surface area contributed by atoms with E-state index in [-0.39, 0.29) is 30.4 Å². The SMILES string of the molecule is CCO[C@@H]1OC(C(=O)NC2CCCCC2)=C[C@H](C)[C@H]1CCCO. The lowest BCUT2D eigenvalue weighted by Crippen LogP contribution is -2.42. The van der Waals surface area contributed by atoms with Crippen LogP contribution in [0.15, 0.2) is 11.8 Å². The summed E-state index contributed by atoms with van der Waals surface area (Å²) in [5.41, 5.74) is 0. The normalized spacial score (nSPS) is 28.8. The van der Waals surface area contributed by atoms with Gasteiger partial charge in [-0.2, -0.15) is 0 Å². The fraction of sp³-hybridized carbons (Fsp3) is 0.833. The summed E-state index contributed by atoms with van der Waals surface area (Å²) in [7, 11) is 0. The number of rotatable bonds is 7. The van der Waals surface area contributed by atoms with E-state index in [2.05, 4.69) is 12.2 Å². The predicted octanol–water partition coefficient (Wildman–Crippen LogP) is 2.74. The Hall–Kier alpha value is -1.07. The average Bonchev–Trinajstić information content (AvgIpc) is 2.55. The Kier molecular flexibility index (Phi) is 7.37. The van der Waals surface area contributed by atoms with E-state index in [1.807, 2.05) is 13.0 Å². The molecule has 0 unspecified atom stereocenters. The molecule has 0 radical (unpaired) electrons. The van der Waals surface area contributed by atoms with Crippen LogP contribution in [0.2, 0.25) is 0 Å². The van der Waals surface area contributed by atoms with Crippen LogP contribution < -0.4 is 5.32 Å². The fourth-order valence-corrected chi connectivity index (χ4v) is 3.54. The summed E-state index contributed by atoms with van der Waals surface area (Å²) in [5.74, 6) is 0.642. The van der Waals surface area contributed by atoms with Crippen LogP contribution in [-0.4, -0.2) is 36.6 Å². The Bertz CT molecular complexity index is 404. The molecule has 2 aliphatic rings. The number of ether oxygens (including phenoxy) is 2. The Morgan fingerprint density at radius 1 is 1.39 bits per heavy atom. The highest BCUT2D eigenvalue weighted by Gasteiger charge is 2.35. The zero-order valence-corrected chi connectivity index (χ0v) is 14.4. The van der Waals surface area contributed by atoms with Crippen molar-refractivity contribution in [3.8, 4) is 0 Å². The number of nitrogens with one attached hydrogen (secondary N) is 1. The first-order valence-corrected chi connectivity index (χ1v) is 9.07. The molecule has 0 saturated heterocycles. The molecule has 1 aliphatic heterocycles. The molecule has 5 heteroatoms. The summed E-state index contributed by atoms with van der Waals surface area (Å²) >= 11 is 0. The fourth-order valence-electron chi connectivity index (χ4n) is 3.54. The van der Waals surface area contributed by atoms with Crippen molar-refractivity contribution < 1.29 is 19.4 Å². The predicted molar refractivity (Wildman–Crippen MR) is 88.6 cm³/mol. The van der Waals surface area contributed by atoms with E-state index < -0.39 is 6.29 Å². The van der Waals surface area contributed by atoms with Gasteiger partial charge in [0.25, 0.3) is 5.91 Å². The first-order valence-electron chi connectivity index (χ1n) is 9.07. The number of allylic oxidation sites excluding steroid dienone is 1. The smallest absolute Gasteiger partial charge is 0.286 e. The molecule has 3 atom stereocenters. The van der Waals surface area contributed by atoms with E-state index in [1.165, 1.54) is 19.3 Å². The summed E-state index contributed by atoms with van der Waals surface area (Å²) in [6.07, 6.45) is 8.81. The van der Waals surface area contributed by atoms with Crippen LogP contribution in [0.25, 0.3) is 0 Å². The van der Waals surface area contributed by atoms with Crippen molar-refractivity contribution in [2.75, 3.05) is 13.2 Å². The molecule has 5 nitrogen and oxygen atoms in total. The van der Waals surface area contributed by atoms with E-state index in [1.54, 1.807) is 0 Å². The highest BCUT2D eigenvalue weighted by atomic mass is 16.7. The molecule has 0 aromatic carbocycles. The maximum absolute atomic E-state index is 12.5. The van der Waals surface area contributed by atoms with Crippen LogP contribution >= 0.6 is 0 Å². The topological polar surface area (TPSA) is 67.8 Å². The zero-order chi connectivity index (χ0) is 16.7. The molecule has 132 valence electrons. The number of aliphatic hydroxyl groups is 1. The van der Waals surface area contributed by atoms with Gasteiger partial charge in [0, 0.05) is 25.2 Å². The van der Waals surface area contributed by atoms with Gasteiger partial charge < -0.3 is 19.9 Å². The third-order valence-corrected chi connectivity index (χ3v) is 4.87. The minimum Gasteiger partial charge on any atom is -0.459 e. The van der Waals surface area contributed by atoms with E-state index >= 15 is 0 Å². The van der Waals surface area contributed by atoms with Crippen LogP contribution in [0.1, 0.15) is 58.8 Å². The molecule has 1 fully saturated rings. The Balaban J connectivity index is 1.98. The molecule has 1 saturated carbocycles. The van der Waals surface area contributed by atoms with Crippen LogP contribution in [0.4, 0.5) is 0 Å². The van der Waals surface area contributed by atoms with Gasteiger partial charge in [0.1, 0.15) is 0 Å². The number of amides is 1. The number of carbonyl (C=O) groups is 1. The Morgan fingerprint density at radius 3 is 2.78 bits per heavy atom. The molecular formula is C18H31NO4. The van der Waals surface area contributed by atoms with Gasteiger partial charge in [-0.1, -0.05) is 26.2 Å². The Labute approximate surface area is 139 Å². The third kappa shape index (κ3) is 5.21. The summed E-state index contributed by atoms with van der Waals surface area (Å²) < 4.78 is 11.6. The van der Waals surface area contributed by atoms with E-state index in [0.717, 1.165) is 25.7 Å². The molecule has 0 aromatic rings. The summed E-state index contributed by atoms with van der Waals surface area (Å²) in [6.45, 7) is 4.73. The summed E-state index contributed by atoms with van der Waals surface area (Å²) in [6, 6.07) is 0.272. The molecule has 2 rings (SSSR count). The van der Waals surface area contributed by atoms with Gasteiger partial charge in [0.05, 0.1) is 0 Å². The summed E-state index contributed by atoms with van der Waals surface area (Å²) in [5, 5.41) is 12.2. The number of aliphatic hydroxyl groups excluding tert-OH is 1. The maximum Gasteiger partial charge on any atom is 0.286 e. The van der Waals surface area contributed by atoms with Gasteiger partial charge >= 0.3 is 0 Å². The molecule has 1 heterocycles. The minimum atomic E-state index is -0.404. The third-order valence-electron chi connectivity index (χ3n) is 4.87. The van der Waals surface area contributed by atoms with E-state index in [4.69, 9.17) is 14.6 Å². The number of hydrogen-bond donors (Lipinski definition) is 2. The van der Waals surface area contributed by atoms with Crippen molar-refractivity contribution in [3.05, 3.63) is 11.8 Å². The monoisotopic (exact) mass is 325 g/mol. The molecular weight excluding hydrogens is 294 g/mol. The lowest BCUT2D eigenvalue weighted by Gasteiger charge is -2.35. The number of carbonyl (C=O) groups excluding carboxylic acids is 1. The molecule has 0 bridgehead atoms. The average molecular weight is 325 g/mol. The van der Waals surface area contributed by atoms with Crippen LogP contribution in [-0.2, 0) is 14.3 Å². The van der Waals surface area contributed by atoms with E-state index in [0.29, 0.717) is 12.4 Å². The standard InChI is InChI=1S/C18H31NO4/c1-3-22-18-15(10-7-11-20)13(2)12-16(23-18)17(21)19-14-8-5-4-6-9-14/h12-15,18,20H,3-11H2,1-2H3,(H,19,21)/t13-,15+,18+/m0/s1. The van der Waals surface area contributed by atoms with Crippen molar-refractivity contribution in [2.24, 2.45) is 11.8 Å². The van der Waals surface area contributed by atoms with Crippen molar-refractivity contribution >= 4 is 5.91 Å². The first-order chi connectivity index (χ1) is 11.2. The van der Waals surface area contributed by atoms with Gasteiger partial charge in [-0.15, -0.1) is 0 Å². The minimum absolute atomic E-state index is 0.117. The summed E-state index contributed by atoms with van der Waals surface area (Å²) in [4.78, 5) is 12.5. The maximum atomic E-state index is 12.5. The molecule has 1 amide bonds. The molecule has 0 spiro atoms. The molecule has 2 N–H and O–H groups in total. The quantitative estimate of drug-likeness (QED) is 0.755. The second kappa shape index (κ2) is 9.28. The zero-order valence-electron chi connectivity index (χ0n) is 14.4. The highest BCUT2D eigenvalue weighted by Crippen LogP contribution is 2.32. The van der Waals surface area contributed by atoms with Crippen molar-refractivity contribution in [1.29, 1.82) is 0 Å². The van der Waals surface area contributed by atoms with Crippen molar-refractivity contribution in [1.82, 2.24) is 5.32 Å². The molecule has 0 aromatic heterocycles. The van der Waals surface area contributed by atoms with Gasteiger partial charge in [0.2, 0.25) is 6.29 Å². The van der Waals surface area contributed by atoms with Gasteiger partial charge in [-0.3, -0.25) is 4.79 Å². The second-order valence-corrected chi connectivity index (χ2v) is 6.67. The second-order valence-electron chi connectivity index (χ2n) is 6.67. The molecule has 23 heavy (non-hydrogen) atoms. The lowest BCUT2D eigenvalue weighted by atomic mass is 9.86. The molecule has 1 aliphatic carbocycles.